The van der Waals surface area contributed by atoms with E-state index < -0.39 is 17.1 Å². The number of amides is 1. The number of ketones is 2. The lowest BCUT2D eigenvalue weighted by molar-refractivity contribution is -0.123. The molecule has 2 aliphatic carbocycles. The number of primary amides is 1. The topological polar surface area (TPSA) is 110 Å². The molecule has 1 saturated carbocycles. The van der Waals surface area contributed by atoms with Crippen molar-refractivity contribution in [1.29, 1.82) is 5.26 Å². The van der Waals surface area contributed by atoms with Crippen molar-refractivity contribution in [2.45, 2.75) is 126 Å². The molecule has 0 aromatic carbocycles. The molecule has 0 spiro atoms. The smallest absolute Gasteiger partial charge is 0.405 e. The summed E-state index contributed by atoms with van der Waals surface area (Å²) < 4.78 is 5.77. The summed E-state index contributed by atoms with van der Waals surface area (Å²) >= 11 is 0. The van der Waals surface area contributed by atoms with Crippen molar-refractivity contribution in [2.75, 3.05) is 0 Å². The first kappa shape index (κ1) is 32.8. The van der Waals surface area contributed by atoms with E-state index >= 15 is 0 Å². The normalized spacial score (nSPS) is 30.1. The summed E-state index contributed by atoms with van der Waals surface area (Å²) in [5.41, 5.74) is 4.93. The van der Waals surface area contributed by atoms with E-state index in [0.717, 1.165) is 50.5 Å². The average Bonchev–Trinajstić information content (AvgIpc) is 2.81. The lowest BCUT2D eigenvalue weighted by Gasteiger charge is -2.59. The lowest BCUT2D eigenvalue weighted by atomic mass is 9.44. The third kappa shape index (κ3) is 6.84. The number of Topliss-reactive ketones (excluding diaryl/α,β-unsaturated/α-hetero) is 1. The number of hydrogen-bond donors (Lipinski definition) is 1. The van der Waals surface area contributed by atoms with E-state index in [9.17, 15) is 19.6 Å². The van der Waals surface area contributed by atoms with Gasteiger partial charge in [0.1, 0.15) is 11.7 Å². The zero-order valence-electron chi connectivity index (χ0n) is 26.1. The molecule has 0 bridgehead atoms. The Morgan fingerprint density at radius 1 is 1.13 bits per heavy atom. The second kappa shape index (κ2) is 11.6. The number of carbonyl (C=O) groups is 3. The maximum Gasteiger partial charge on any atom is 0.405 e. The number of hydrogen-bond acceptors (Lipinski definition) is 5. The van der Waals surface area contributed by atoms with Crippen LogP contribution in [-0.2, 0) is 14.3 Å². The van der Waals surface area contributed by atoms with Gasteiger partial charge in [0, 0.05) is 11.3 Å². The van der Waals surface area contributed by atoms with E-state index in [1.807, 2.05) is 19.9 Å². The Morgan fingerprint density at radius 3 is 2.23 bits per heavy atom. The number of allylic oxidation sites excluding steroid dienone is 4. The molecule has 0 radical (unpaired) electrons. The van der Waals surface area contributed by atoms with E-state index in [-0.39, 0.29) is 45.2 Å². The summed E-state index contributed by atoms with van der Waals surface area (Å²) in [5, 5.41) is 9.75. The van der Waals surface area contributed by atoms with Crippen LogP contribution in [0.2, 0.25) is 0 Å². The largest absolute Gasteiger partial charge is 0.443 e. The second-order valence-electron chi connectivity index (χ2n) is 14.4. The molecule has 0 aliphatic heterocycles. The molecule has 0 unspecified atom stereocenters. The fraction of sp³-hybridized carbons (Fsp3) is 0.758. The van der Waals surface area contributed by atoms with Crippen LogP contribution >= 0.6 is 0 Å². The minimum absolute atomic E-state index is 0.0285. The molecular formula is C33H52N2O4. The van der Waals surface area contributed by atoms with Gasteiger partial charge in [-0.15, -0.1) is 0 Å². The SMILES string of the molecule is CCCC(C)(C)CC[C@@](C)(CCC(C)(C)[C@]1(C)CC[C@H]2[C@H](C)C(=O)C(C#N)=C[C@]2(C)/C1=C/C(C)=O)OC(N)=O. The van der Waals surface area contributed by atoms with Crippen molar-refractivity contribution in [3.63, 3.8) is 0 Å². The molecule has 0 saturated heterocycles. The van der Waals surface area contributed by atoms with Crippen molar-refractivity contribution >= 4 is 17.7 Å². The summed E-state index contributed by atoms with van der Waals surface area (Å²) in [6, 6.07) is 2.12. The third-order valence-electron chi connectivity index (χ3n) is 10.5. The summed E-state index contributed by atoms with van der Waals surface area (Å²) in [6.45, 7) is 20.9. The van der Waals surface area contributed by atoms with E-state index in [1.54, 1.807) is 13.0 Å². The zero-order valence-corrected chi connectivity index (χ0v) is 26.1. The number of ether oxygens (including phenoxy) is 1. The van der Waals surface area contributed by atoms with Crippen LogP contribution in [0.5, 0.6) is 0 Å². The highest BCUT2D eigenvalue weighted by atomic mass is 16.6. The molecule has 6 heteroatoms. The Balaban J connectivity index is 2.48. The Morgan fingerprint density at radius 2 is 1.72 bits per heavy atom. The number of fused-ring (bicyclic) bond motifs is 1. The maximum absolute atomic E-state index is 12.9. The van der Waals surface area contributed by atoms with Gasteiger partial charge in [0.05, 0.1) is 5.57 Å². The van der Waals surface area contributed by atoms with Crippen LogP contribution < -0.4 is 5.73 Å². The van der Waals surface area contributed by atoms with Crippen LogP contribution in [0.1, 0.15) is 121 Å². The van der Waals surface area contributed by atoms with Gasteiger partial charge in [-0.05, 0) is 87.0 Å². The molecular weight excluding hydrogens is 488 g/mol. The van der Waals surface area contributed by atoms with E-state index in [4.69, 9.17) is 10.5 Å². The molecule has 0 aromatic rings. The number of rotatable bonds is 11. The minimum Gasteiger partial charge on any atom is -0.443 e. The summed E-state index contributed by atoms with van der Waals surface area (Å²) in [7, 11) is 0. The van der Waals surface area contributed by atoms with E-state index in [0.29, 0.717) is 6.42 Å². The summed E-state index contributed by atoms with van der Waals surface area (Å²) in [6.07, 6.45) is 9.72. The molecule has 2 aliphatic rings. The highest BCUT2D eigenvalue weighted by molar-refractivity contribution is 6.02. The predicted molar refractivity (Wildman–Crippen MR) is 156 cm³/mol. The van der Waals surface area contributed by atoms with Crippen molar-refractivity contribution < 1.29 is 19.1 Å². The molecule has 0 aromatic heterocycles. The number of nitrogens with two attached hydrogens (primary N) is 1. The zero-order chi connectivity index (χ0) is 30.0. The molecule has 5 atom stereocenters. The molecule has 1 fully saturated rings. The Kier molecular flexibility index (Phi) is 9.75. The summed E-state index contributed by atoms with van der Waals surface area (Å²) in [4.78, 5) is 37.4. The van der Waals surface area contributed by atoms with Gasteiger partial charge in [-0.2, -0.15) is 5.26 Å². The number of carbonyl (C=O) groups excluding carboxylic acids is 3. The molecule has 2 rings (SSSR count). The molecule has 39 heavy (non-hydrogen) atoms. The van der Waals surface area contributed by atoms with Crippen molar-refractivity contribution in [3.05, 3.63) is 23.3 Å². The Bertz CT molecular complexity index is 1080. The minimum atomic E-state index is -0.755. The van der Waals surface area contributed by atoms with E-state index in [2.05, 4.69) is 54.5 Å². The van der Waals surface area contributed by atoms with Gasteiger partial charge in [0.2, 0.25) is 0 Å². The van der Waals surface area contributed by atoms with Crippen molar-refractivity contribution in [1.82, 2.24) is 0 Å². The number of nitriles is 1. The van der Waals surface area contributed by atoms with Gasteiger partial charge in [-0.3, -0.25) is 9.59 Å². The van der Waals surface area contributed by atoms with Crippen LogP contribution in [0.25, 0.3) is 0 Å². The Labute approximate surface area is 236 Å². The van der Waals surface area contributed by atoms with Gasteiger partial charge in [0.25, 0.3) is 0 Å². The van der Waals surface area contributed by atoms with Gasteiger partial charge < -0.3 is 10.5 Å². The molecule has 0 heterocycles. The first-order chi connectivity index (χ1) is 17.8. The van der Waals surface area contributed by atoms with Gasteiger partial charge >= 0.3 is 6.09 Å². The van der Waals surface area contributed by atoms with Crippen LogP contribution in [0.3, 0.4) is 0 Å². The van der Waals surface area contributed by atoms with Gasteiger partial charge in [-0.25, -0.2) is 4.79 Å². The van der Waals surface area contributed by atoms with Gasteiger partial charge in [0.15, 0.2) is 11.6 Å². The van der Waals surface area contributed by atoms with Crippen LogP contribution in [0.15, 0.2) is 23.3 Å². The van der Waals surface area contributed by atoms with Crippen LogP contribution in [0.4, 0.5) is 4.79 Å². The van der Waals surface area contributed by atoms with Gasteiger partial charge in [-0.1, -0.05) is 73.5 Å². The first-order valence-corrected chi connectivity index (χ1v) is 14.7. The van der Waals surface area contributed by atoms with Crippen molar-refractivity contribution in [2.24, 2.45) is 39.2 Å². The highest BCUT2D eigenvalue weighted by Gasteiger charge is 2.58. The standard InChI is InChI=1S/C33H52N2O4/c1-11-13-29(4,5)15-17-31(8,39-28(35)38)18-16-30(6,7)33(10)14-12-25-23(3)27(37)24(21-34)20-32(25,9)26(33)19-22(2)36/h19-20,23,25H,11-18H2,1-10H3,(H2,35,38)/b26-19-/t23-,25-,31-,32-,33+/m0/s1. The fourth-order valence-corrected chi connectivity index (χ4v) is 7.46. The number of nitrogens with zero attached hydrogens (tertiary/aromatic N) is 1. The first-order valence-electron chi connectivity index (χ1n) is 14.7. The monoisotopic (exact) mass is 540 g/mol. The van der Waals surface area contributed by atoms with Crippen LogP contribution in [0, 0.1) is 44.8 Å². The summed E-state index contributed by atoms with van der Waals surface area (Å²) in [5.74, 6) is -0.391. The second-order valence-corrected chi connectivity index (χ2v) is 14.4. The molecule has 6 nitrogen and oxygen atoms in total. The fourth-order valence-electron chi connectivity index (χ4n) is 7.46. The molecule has 218 valence electrons. The molecule has 1 amide bonds. The van der Waals surface area contributed by atoms with Crippen LogP contribution in [-0.4, -0.2) is 23.3 Å². The average molecular weight is 541 g/mol. The quantitative estimate of drug-likeness (QED) is 0.268. The predicted octanol–water partition coefficient (Wildman–Crippen LogP) is 7.86. The Hall–Kier alpha value is -2.42. The van der Waals surface area contributed by atoms with E-state index in [1.165, 1.54) is 0 Å². The maximum atomic E-state index is 12.9. The van der Waals surface area contributed by atoms with Crippen molar-refractivity contribution in [3.8, 4) is 6.07 Å². The third-order valence-corrected chi connectivity index (χ3v) is 10.5. The highest BCUT2D eigenvalue weighted by Crippen LogP contribution is 2.65. The molecule has 2 N–H and O–H groups in total. The lowest BCUT2D eigenvalue weighted by Crippen LogP contribution is -2.53.